The number of esters is 1. The van der Waals surface area contributed by atoms with Gasteiger partial charge in [-0.15, -0.1) is 0 Å². The van der Waals surface area contributed by atoms with Crippen LogP contribution in [0.4, 0.5) is 5.69 Å². The van der Waals surface area contributed by atoms with Crippen molar-refractivity contribution in [2.45, 2.75) is 39.5 Å². The maximum Gasteiger partial charge on any atom is 0.339 e. The number of hydrogen-bond acceptors (Lipinski definition) is 4. The molecule has 4 heteroatoms. The van der Waals surface area contributed by atoms with Crippen molar-refractivity contribution in [2.75, 3.05) is 12.8 Å². The van der Waals surface area contributed by atoms with Gasteiger partial charge in [-0.05, 0) is 35.1 Å². The normalized spacial score (nSPS) is 11.7. The maximum atomic E-state index is 10.9. The van der Waals surface area contributed by atoms with Crippen molar-refractivity contribution >= 4 is 17.9 Å². The van der Waals surface area contributed by atoms with Gasteiger partial charge in [0.25, 0.3) is 0 Å². The lowest BCUT2D eigenvalue weighted by atomic mass is 9.86. The van der Waals surface area contributed by atoms with Crippen LogP contribution in [0.15, 0.2) is 48.5 Å². The summed E-state index contributed by atoms with van der Waals surface area (Å²) >= 11 is 0. The summed E-state index contributed by atoms with van der Waals surface area (Å²) in [6.07, 6.45) is 1.85. The lowest BCUT2D eigenvalue weighted by Gasteiger charge is -2.19. The Hall–Kier alpha value is -2.62. The van der Waals surface area contributed by atoms with E-state index in [4.69, 9.17) is 5.73 Å². The first kappa shape index (κ1) is 21.4. The molecule has 0 aliphatic carbocycles. The number of carbonyl (C=O) groups excluding carboxylic acids is 2. The van der Waals surface area contributed by atoms with E-state index in [-0.39, 0.29) is 11.3 Å². The molecule has 0 saturated carbocycles. The van der Waals surface area contributed by atoms with Gasteiger partial charge in [0.2, 0.25) is 0 Å². The van der Waals surface area contributed by atoms with Crippen LogP contribution >= 0.6 is 0 Å². The standard InChI is InChI=1S/C14H20O.C8H9NO2/c1-11(10-15)9-12-5-7-13(8-6-12)14(2,3)4;1-11-8(10)6-4-2-3-5-7(6)9/h5-8,10-11H,9H2,1-4H3;2-5H,9H2,1H3. The Bertz CT molecular complexity index is 715. The van der Waals surface area contributed by atoms with E-state index in [2.05, 4.69) is 49.8 Å². The zero-order valence-electron chi connectivity index (χ0n) is 16.3. The number of ether oxygens (including phenoxy) is 1. The summed E-state index contributed by atoms with van der Waals surface area (Å²) in [5.74, 6) is -0.284. The van der Waals surface area contributed by atoms with E-state index in [1.165, 1.54) is 18.2 Å². The van der Waals surface area contributed by atoms with Crippen molar-refractivity contribution in [1.29, 1.82) is 0 Å². The predicted molar refractivity (Wildman–Crippen MR) is 106 cm³/mol. The minimum atomic E-state index is -0.400. The van der Waals surface area contributed by atoms with E-state index in [0.29, 0.717) is 11.3 Å². The minimum Gasteiger partial charge on any atom is -0.465 e. The summed E-state index contributed by atoms with van der Waals surface area (Å²) in [6, 6.07) is 15.4. The number of methoxy groups -OCH3 is 1. The Balaban J connectivity index is 0.000000273. The van der Waals surface area contributed by atoms with Gasteiger partial charge in [-0.3, -0.25) is 0 Å². The van der Waals surface area contributed by atoms with Crippen molar-refractivity contribution in [3.63, 3.8) is 0 Å². The van der Waals surface area contributed by atoms with Crippen LogP contribution in [-0.2, 0) is 21.4 Å². The molecule has 26 heavy (non-hydrogen) atoms. The zero-order chi connectivity index (χ0) is 19.7. The molecule has 1 unspecified atom stereocenters. The molecule has 0 spiro atoms. The topological polar surface area (TPSA) is 69.4 Å². The molecule has 140 valence electrons. The average Bonchev–Trinajstić information content (AvgIpc) is 2.61. The number of carbonyl (C=O) groups is 2. The molecule has 2 N–H and O–H groups in total. The lowest BCUT2D eigenvalue weighted by Crippen LogP contribution is -2.11. The average molecular weight is 355 g/mol. The molecular weight excluding hydrogens is 326 g/mol. The molecule has 0 bridgehead atoms. The fourth-order valence-electron chi connectivity index (χ4n) is 2.35. The first-order valence-corrected chi connectivity index (χ1v) is 8.66. The Morgan fingerprint density at radius 1 is 1.12 bits per heavy atom. The number of hydrogen-bond donors (Lipinski definition) is 1. The number of nitrogens with two attached hydrogens (primary N) is 1. The Kier molecular flexibility index (Phi) is 8.04. The number of para-hydroxylation sites is 1. The van der Waals surface area contributed by atoms with Gasteiger partial charge in [-0.2, -0.15) is 0 Å². The first-order valence-electron chi connectivity index (χ1n) is 8.66. The number of anilines is 1. The highest BCUT2D eigenvalue weighted by Gasteiger charge is 2.13. The molecule has 0 radical (unpaired) electrons. The van der Waals surface area contributed by atoms with E-state index >= 15 is 0 Å². The zero-order valence-corrected chi connectivity index (χ0v) is 16.3. The molecule has 2 aromatic carbocycles. The highest BCUT2D eigenvalue weighted by atomic mass is 16.5. The second-order valence-electron chi connectivity index (χ2n) is 7.34. The highest BCUT2D eigenvalue weighted by molar-refractivity contribution is 5.94. The fraction of sp³-hybridized carbons (Fsp3) is 0.364. The molecule has 0 aliphatic heterocycles. The molecule has 0 saturated heterocycles. The molecule has 0 aromatic heterocycles. The van der Waals surface area contributed by atoms with Crippen molar-refractivity contribution in [3.05, 3.63) is 65.2 Å². The van der Waals surface area contributed by atoms with Gasteiger partial charge >= 0.3 is 5.97 Å². The molecule has 1 atom stereocenters. The minimum absolute atomic E-state index is 0.116. The largest absolute Gasteiger partial charge is 0.465 e. The van der Waals surface area contributed by atoms with Crippen LogP contribution in [0.5, 0.6) is 0 Å². The van der Waals surface area contributed by atoms with Gasteiger partial charge in [0.1, 0.15) is 6.29 Å². The summed E-state index contributed by atoms with van der Waals surface area (Å²) < 4.78 is 4.50. The molecule has 0 aliphatic rings. The third-order valence-electron chi connectivity index (χ3n) is 3.98. The Labute approximate surface area is 156 Å². The summed E-state index contributed by atoms with van der Waals surface area (Å²) in [6.45, 7) is 8.56. The van der Waals surface area contributed by atoms with E-state index in [9.17, 15) is 9.59 Å². The van der Waals surface area contributed by atoms with Crippen molar-refractivity contribution < 1.29 is 14.3 Å². The van der Waals surface area contributed by atoms with E-state index in [0.717, 1.165) is 12.7 Å². The second kappa shape index (κ2) is 9.76. The number of nitrogen functional groups attached to an aromatic ring is 1. The Morgan fingerprint density at radius 3 is 2.15 bits per heavy atom. The molecular formula is C22H29NO3. The van der Waals surface area contributed by atoms with Crippen LogP contribution in [0.2, 0.25) is 0 Å². The molecule has 2 rings (SSSR count). The van der Waals surface area contributed by atoms with Gasteiger partial charge in [0.15, 0.2) is 0 Å². The van der Waals surface area contributed by atoms with Crippen molar-refractivity contribution in [1.82, 2.24) is 0 Å². The van der Waals surface area contributed by atoms with Crippen LogP contribution in [0, 0.1) is 5.92 Å². The monoisotopic (exact) mass is 355 g/mol. The smallest absolute Gasteiger partial charge is 0.339 e. The van der Waals surface area contributed by atoms with E-state index in [1.807, 2.05) is 6.92 Å². The van der Waals surface area contributed by atoms with Crippen molar-refractivity contribution in [2.24, 2.45) is 5.92 Å². The van der Waals surface area contributed by atoms with Gasteiger partial charge in [0.05, 0.1) is 12.7 Å². The number of rotatable bonds is 4. The highest BCUT2D eigenvalue weighted by Crippen LogP contribution is 2.22. The molecule has 0 fully saturated rings. The van der Waals surface area contributed by atoms with Gasteiger partial charge < -0.3 is 15.3 Å². The van der Waals surface area contributed by atoms with E-state index in [1.54, 1.807) is 24.3 Å². The molecule has 2 aromatic rings. The predicted octanol–water partition coefficient (Wildman–Crippen LogP) is 4.42. The van der Waals surface area contributed by atoms with Crippen molar-refractivity contribution in [3.8, 4) is 0 Å². The van der Waals surface area contributed by atoms with Crippen LogP contribution in [0.25, 0.3) is 0 Å². The van der Waals surface area contributed by atoms with Crippen LogP contribution in [0.3, 0.4) is 0 Å². The van der Waals surface area contributed by atoms with Gasteiger partial charge in [-0.1, -0.05) is 64.1 Å². The van der Waals surface area contributed by atoms with Crippen LogP contribution in [0.1, 0.15) is 49.2 Å². The summed E-state index contributed by atoms with van der Waals surface area (Å²) in [5.41, 5.74) is 9.13. The second-order valence-corrected chi connectivity index (χ2v) is 7.34. The quantitative estimate of drug-likeness (QED) is 0.501. The van der Waals surface area contributed by atoms with Crippen LogP contribution < -0.4 is 5.73 Å². The third-order valence-corrected chi connectivity index (χ3v) is 3.98. The summed E-state index contributed by atoms with van der Waals surface area (Å²) in [4.78, 5) is 21.5. The Morgan fingerprint density at radius 2 is 1.69 bits per heavy atom. The summed E-state index contributed by atoms with van der Waals surface area (Å²) in [5, 5.41) is 0. The fourth-order valence-corrected chi connectivity index (χ4v) is 2.35. The van der Waals surface area contributed by atoms with Crippen LogP contribution in [-0.4, -0.2) is 19.4 Å². The van der Waals surface area contributed by atoms with E-state index < -0.39 is 5.97 Å². The molecule has 4 nitrogen and oxygen atoms in total. The number of benzene rings is 2. The number of aldehydes is 1. The third kappa shape index (κ3) is 6.71. The summed E-state index contributed by atoms with van der Waals surface area (Å²) in [7, 11) is 1.33. The molecule has 0 heterocycles. The lowest BCUT2D eigenvalue weighted by molar-refractivity contribution is -0.110. The van der Waals surface area contributed by atoms with Gasteiger partial charge in [-0.25, -0.2) is 4.79 Å². The maximum absolute atomic E-state index is 10.9. The molecule has 0 amide bonds. The van der Waals surface area contributed by atoms with Gasteiger partial charge in [0, 0.05) is 11.6 Å². The first-order chi connectivity index (χ1) is 12.2. The SMILES string of the molecule is CC(C=O)Cc1ccc(C(C)(C)C)cc1.COC(=O)c1ccccc1N.